The molecule has 39 heavy (non-hydrogen) atoms. The van der Waals surface area contributed by atoms with E-state index in [1.54, 1.807) is 0 Å². The Hall–Kier alpha value is -3.65. The molecule has 1 aromatic rings. The van der Waals surface area contributed by atoms with Gasteiger partial charge in [0.15, 0.2) is 0 Å². The highest BCUT2D eigenvalue weighted by Crippen LogP contribution is 2.52. The van der Waals surface area contributed by atoms with Crippen molar-refractivity contribution in [3.63, 3.8) is 0 Å². The minimum Gasteiger partial charge on any atom is -0.477 e. The number of non-ortho nitro benzene ring substituents is 1. The summed E-state index contributed by atoms with van der Waals surface area (Å²) in [7, 11) is 0. The van der Waals surface area contributed by atoms with Crippen LogP contribution in [-0.2, 0) is 25.7 Å². The van der Waals surface area contributed by atoms with E-state index in [2.05, 4.69) is 5.32 Å². The molecule has 3 N–H and O–H groups in total. The van der Waals surface area contributed by atoms with E-state index in [9.17, 15) is 39.5 Å². The minimum absolute atomic E-state index is 0.0762. The number of nitro groups is 1. The van der Waals surface area contributed by atoms with Crippen molar-refractivity contribution in [1.29, 1.82) is 0 Å². The van der Waals surface area contributed by atoms with Crippen molar-refractivity contribution >= 4 is 41.3 Å². The van der Waals surface area contributed by atoms with Gasteiger partial charge in [-0.25, -0.2) is 9.59 Å². The summed E-state index contributed by atoms with van der Waals surface area (Å²) in [5, 5.41) is 33.5. The third-order valence-electron chi connectivity index (χ3n) is 7.87. The minimum atomic E-state index is -1.22. The summed E-state index contributed by atoms with van der Waals surface area (Å²) >= 11 is 1.32. The lowest BCUT2D eigenvalue weighted by Crippen LogP contribution is -2.63. The lowest BCUT2D eigenvalue weighted by atomic mass is 9.79. The molecule has 13 nitrogen and oxygen atoms in total. The SMILES string of the molecule is C[C@@H](O)[C@H]1C(=O)N2C(C(=O)O)=C(S[C@H]3C[C@@H](C4CC(=O)N4)N(C(=O)OCc4ccc([N+](=O)[O-])cc4)C3)[C@H](C)[C@H]12. The number of aliphatic carboxylic acids is 1. The summed E-state index contributed by atoms with van der Waals surface area (Å²) in [5.41, 5.74) is 0.422. The number of thioether (sulfide) groups is 1. The van der Waals surface area contributed by atoms with Gasteiger partial charge in [-0.15, -0.1) is 11.8 Å². The van der Waals surface area contributed by atoms with E-state index in [1.807, 2.05) is 6.92 Å². The van der Waals surface area contributed by atoms with Crippen LogP contribution in [0, 0.1) is 22.0 Å². The maximum absolute atomic E-state index is 13.1. The average molecular weight is 561 g/mol. The van der Waals surface area contributed by atoms with Gasteiger partial charge in [-0.05, 0) is 31.0 Å². The molecule has 4 aliphatic rings. The number of ether oxygens (including phenoxy) is 1. The van der Waals surface area contributed by atoms with Gasteiger partial charge >= 0.3 is 12.1 Å². The van der Waals surface area contributed by atoms with Crippen LogP contribution in [0.4, 0.5) is 10.5 Å². The fraction of sp³-hybridized carbons (Fsp3) is 0.520. The first-order chi connectivity index (χ1) is 18.5. The summed E-state index contributed by atoms with van der Waals surface area (Å²) in [6.45, 7) is 3.50. The monoisotopic (exact) mass is 560 g/mol. The number of nitro benzene ring substituents is 1. The van der Waals surface area contributed by atoms with Crippen LogP contribution >= 0.6 is 11.8 Å². The molecule has 1 unspecified atom stereocenters. The summed E-state index contributed by atoms with van der Waals surface area (Å²) in [5.74, 6) is -2.72. The van der Waals surface area contributed by atoms with Gasteiger partial charge in [0.25, 0.3) is 5.69 Å². The Labute approximate surface area is 227 Å². The third kappa shape index (κ3) is 4.71. The number of nitrogens with zero attached hydrogens (tertiary/aromatic N) is 3. The van der Waals surface area contributed by atoms with Gasteiger partial charge in [-0.3, -0.25) is 19.7 Å². The molecule has 3 amide bonds. The zero-order chi connectivity index (χ0) is 28.2. The van der Waals surface area contributed by atoms with Crippen LogP contribution in [0.3, 0.4) is 0 Å². The molecule has 208 valence electrons. The number of benzene rings is 1. The first-order valence-electron chi connectivity index (χ1n) is 12.6. The number of aliphatic hydroxyl groups excluding tert-OH is 1. The van der Waals surface area contributed by atoms with E-state index in [1.165, 1.54) is 52.8 Å². The average Bonchev–Trinajstić information content (AvgIpc) is 3.38. The molecular formula is C25H28N4O9S. The van der Waals surface area contributed by atoms with Crippen LogP contribution in [0.15, 0.2) is 34.9 Å². The van der Waals surface area contributed by atoms with Crippen LogP contribution in [-0.4, -0.2) is 84.8 Å². The molecule has 3 fully saturated rings. The summed E-state index contributed by atoms with van der Waals surface area (Å²) in [6, 6.07) is 4.60. The zero-order valence-corrected chi connectivity index (χ0v) is 22.0. The van der Waals surface area contributed by atoms with Gasteiger partial charge in [-0.2, -0.15) is 0 Å². The number of amides is 3. The second-order valence-electron chi connectivity index (χ2n) is 10.3. The van der Waals surface area contributed by atoms with Gasteiger partial charge in [0.2, 0.25) is 11.8 Å². The number of rotatable bonds is 8. The number of fused-ring (bicyclic) bond motifs is 1. The van der Waals surface area contributed by atoms with E-state index in [4.69, 9.17) is 4.74 Å². The predicted molar refractivity (Wildman–Crippen MR) is 136 cm³/mol. The number of carboxylic acid groups (broad SMARTS) is 1. The molecule has 4 aliphatic heterocycles. The molecule has 0 aromatic heterocycles. The molecule has 1 aromatic carbocycles. The smallest absolute Gasteiger partial charge is 0.410 e. The summed E-state index contributed by atoms with van der Waals surface area (Å²) in [4.78, 5) is 63.2. The Morgan fingerprint density at radius 2 is 1.95 bits per heavy atom. The summed E-state index contributed by atoms with van der Waals surface area (Å²) in [6.07, 6.45) is -0.778. The van der Waals surface area contributed by atoms with Crippen molar-refractivity contribution in [2.45, 2.75) is 62.8 Å². The summed E-state index contributed by atoms with van der Waals surface area (Å²) < 4.78 is 5.49. The van der Waals surface area contributed by atoms with Crippen LogP contribution < -0.4 is 5.32 Å². The van der Waals surface area contributed by atoms with Gasteiger partial charge in [0, 0.05) is 41.2 Å². The zero-order valence-electron chi connectivity index (χ0n) is 21.2. The van der Waals surface area contributed by atoms with E-state index in [0.717, 1.165) is 0 Å². The van der Waals surface area contributed by atoms with Gasteiger partial charge in [0.05, 0.1) is 35.1 Å². The Balaban J connectivity index is 1.30. The molecule has 0 aliphatic carbocycles. The molecule has 0 radical (unpaired) electrons. The van der Waals surface area contributed by atoms with Crippen LogP contribution in [0.5, 0.6) is 0 Å². The van der Waals surface area contributed by atoms with E-state index < -0.39 is 41.0 Å². The maximum Gasteiger partial charge on any atom is 0.410 e. The maximum atomic E-state index is 13.1. The van der Waals surface area contributed by atoms with E-state index in [-0.39, 0.29) is 60.1 Å². The molecule has 3 saturated heterocycles. The fourth-order valence-corrected chi connectivity index (χ4v) is 7.46. The first-order valence-corrected chi connectivity index (χ1v) is 13.5. The first kappa shape index (κ1) is 26.9. The van der Waals surface area contributed by atoms with Gasteiger partial charge < -0.3 is 30.1 Å². The molecule has 5 rings (SSSR count). The molecule has 0 saturated carbocycles. The lowest BCUT2D eigenvalue weighted by molar-refractivity contribution is -0.384. The molecule has 4 heterocycles. The normalized spacial score (nSPS) is 30.3. The Kier molecular flexibility index (Phi) is 7.01. The number of carboxylic acids is 1. The predicted octanol–water partition coefficient (Wildman–Crippen LogP) is 1.45. The number of likely N-dealkylation sites (tertiary alicyclic amines) is 1. The molecule has 0 bridgehead atoms. The highest BCUT2D eigenvalue weighted by Gasteiger charge is 2.60. The van der Waals surface area contributed by atoms with Crippen molar-refractivity contribution in [2.24, 2.45) is 11.8 Å². The second-order valence-corrected chi connectivity index (χ2v) is 11.7. The Bertz CT molecular complexity index is 1260. The van der Waals surface area contributed by atoms with Gasteiger partial charge in [-0.1, -0.05) is 6.92 Å². The molecular weight excluding hydrogens is 532 g/mol. The second kappa shape index (κ2) is 10.2. The standard InChI is InChI=1S/C25H28N4O9S/c1-11-20-19(12(2)30)23(32)28(20)21(24(33)34)22(11)39-15-7-17(16-8-18(31)26-16)27(9-15)25(35)38-10-13-3-5-14(6-4-13)29(36)37/h3-6,11-12,15-17,19-20,30H,7-10H2,1-2H3,(H,26,31)(H,33,34)/t11-,12-,15+,16?,17+,19-,20-/m1/s1. The highest BCUT2D eigenvalue weighted by molar-refractivity contribution is 8.03. The Morgan fingerprint density at radius 3 is 2.51 bits per heavy atom. The highest BCUT2D eigenvalue weighted by atomic mass is 32.2. The fourth-order valence-electron chi connectivity index (χ4n) is 5.92. The van der Waals surface area contributed by atoms with Crippen LogP contribution in [0.25, 0.3) is 0 Å². The topological polar surface area (TPSA) is 180 Å². The molecule has 7 atom stereocenters. The quantitative estimate of drug-likeness (QED) is 0.239. The largest absolute Gasteiger partial charge is 0.477 e. The number of hydrogen-bond donors (Lipinski definition) is 3. The van der Waals surface area contributed by atoms with Crippen molar-refractivity contribution < 1.29 is 39.1 Å². The van der Waals surface area contributed by atoms with Crippen LogP contribution in [0.1, 0.15) is 32.3 Å². The number of β-lactam (4-membered cyclic amide) rings is 2. The van der Waals surface area contributed by atoms with E-state index in [0.29, 0.717) is 16.9 Å². The number of carbonyl (C=O) groups excluding carboxylic acids is 3. The third-order valence-corrected chi connectivity index (χ3v) is 9.36. The van der Waals surface area contributed by atoms with Crippen molar-refractivity contribution in [3.8, 4) is 0 Å². The molecule has 0 spiro atoms. The van der Waals surface area contributed by atoms with Gasteiger partial charge in [0.1, 0.15) is 12.3 Å². The number of hydrogen-bond acceptors (Lipinski definition) is 9. The van der Waals surface area contributed by atoms with Crippen molar-refractivity contribution in [1.82, 2.24) is 15.1 Å². The number of carbonyl (C=O) groups is 4. The Morgan fingerprint density at radius 1 is 1.28 bits per heavy atom. The number of aliphatic hydroxyl groups is 1. The lowest BCUT2D eigenvalue weighted by Gasteiger charge is -2.46. The molecule has 14 heteroatoms. The van der Waals surface area contributed by atoms with Crippen LogP contribution in [0.2, 0.25) is 0 Å². The van der Waals surface area contributed by atoms with Crippen molar-refractivity contribution in [2.75, 3.05) is 6.54 Å². The number of nitrogens with one attached hydrogen (secondary N) is 1. The van der Waals surface area contributed by atoms with Crippen molar-refractivity contribution in [3.05, 3.63) is 50.5 Å². The van der Waals surface area contributed by atoms with E-state index >= 15 is 0 Å².